The highest BCUT2D eigenvalue weighted by molar-refractivity contribution is 5.25. The highest BCUT2D eigenvalue weighted by Gasteiger charge is 2.59. The number of hydrogen-bond donors (Lipinski definition) is 1. The zero-order valence-electron chi connectivity index (χ0n) is 20.7. The summed E-state index contributed by atoms with van der Waals surface area (Å²) in [5.41, 5.74) is 4.19. The summed E-state index contributed by atoms with van der Waals surface area (Å²) < 4.78 is 0. The lowest BCUT2D eigenvalue weighted by molar-refractivity contribution is -0.0565. The van der Waals surface area contributed by atoms with Gasteiger partial charge in [-0.25, -0.2) is 0 Å². The Kier molecular flexibility index (Phi) is 6.35. The van der Waals surface area contributed by atoms with Gasteiger partial charge in [-0.05, 0) is 111 Å². The standard InChI is InChI=1S/C29H48O/c1-7-21(19(2)3)9-8-20(4)25-12-13-26-24-11-10-22-18-23(30)14-16-28(22,5)27(24)15-17-29(25,26)6/h9-10,19-20,23-27,30H,7-8,11-18H2,1-6H3/b21-9-/t20?,23-,24-,25+,26-,27-,28-,29+/m0/s1. The number of allylic oxidation sites excluding steroid dienone is 3. The molecule has 1 N–H and O–H groups in total. The first-order valence-electron chi connectivity index (χ1n) is 13.3. The molecule has 0 amide bonds. The van der Waals surface area contributed by atoms with Crippen LogP contribution in [0.2, 0.25) is 0 Å². The largest absolute Gasteiger partial charge is 0.393 e. The van der Waals surface area contributed by atoms with Crippen LogP contribution in [0.4, 0.5) is 0 Å². The monoisotopic (exact) mass is 412 g/mol. The van der Waals surface area contributed by atoms with Crippen LogP contribution in [0.5, 0.6) is 0 Å². The minimum absolute atomic E-state index is 0.0849. The van der Waals surface area contributed by atoms with Crippen LogP contribution in [0.3, 0.4) is 0 Å². The Balaban J connectivity index is 1.51. The molecule has 0 spiro atoms. The summed E-state index contributed by atoms with van der Waals surface area (Å²) in [5.74, 6) is 5.09. The van der Waals surface area contributed by atoms with Gasteiger partial charge < -0.3 is 5.11 Å². The van der Waals surface area contributed by atoms with Crippen LogP contribution < -0.4 is 0 Å². The summed E-state index contributed by atoms with van der Waals surface area (Å²) in [6, 6.07) is 0. The molecular formula is C29H48O. The average Bonchev–Trinajstić information content (AvgIpc) is 3.06. The lowest BCUT2D eigenvalue weighted by Crippen LogP contribution is -2.50. The molecule has 4 aliphatic carbocycles. The lowest BCUT2D eigenvalue weighted by atomic mass is 9.47. The average molecular weight is 413 g/mol. The predicted octanol–water partition coefficient (Wildman–Crippen LogP) is 7.94. The Morgan fingerprint density at radius 3 is 2.57 bits per heavy atom. The molecular weight excluding hydrogens is 364 g/mol. The van der Waals surface area contributed by atoms with Crippen molar-refractivity contribution < 1.29 is 5.11 Å². The molecule has 1 heteroatoms. The molecule has 1 unspecified atom stereocenters. The van der Waals surface area contributed by atoms with Gasteiger partial charge in [0.25, 0.3) is 0 Å². The number of aliphatic hydroxyl groups is 1. The summed E-state index contributed by atoms with van der Waals surface area (Å²) in [5, 5.41) is 10.2. The summed E-state index contributed by atoms with van der Waals surface area (Å²) >= 11 is 0. The normalized spacial score (nSPS) is 44.9. The molecule has 30 heavy (non-hydrogen) atoms. The second kappa shape index (κ2) is 8.42. The molecule has 0 heterocycles. The van der Waals surface area contributed by atoms with Crippen LogP contribution >= 0.6 is 0 Å². The van der Waals surface area contributed by atoms with Crippen LogP contribution in [-0.4, -0.2) is 11.2 Å². The van der Waals surface area contributed by atoms with E-state index in [2.05, 4.69) is 53.7 Å². The first-order valence-corrected chi connectivity index (χ1v) is 13.3. The zero-order valence-corrected chi connectivity index (χ0v) is 20.7. The first-order chi connectivity index (χ1) is 14.2. The number of fused-ring (bicyclic) bond motifs is 5. The Bertz CT molecular complexity index is 686. The molecule has 3 saturated carbocycles. The van der Waals surface area contributed by atoms with Crippen molar-refractivity contribution in [3.63, 3.8) is 0 Å². The van der Waals surface area contributed by atoms with E-state index >= 15 is 0 Å². The SMILES string of the molecule is CC/C(=C/CC(C)[C@H]1CC[C@H]2[C@@H]3CC=C4C[C@@H](O)CC[C@]4(C)[C@H]3CC[C@]12C)C(C)C. The highest BCUT2D eigenvalue weighted by atomic mass is 16.3. The van der Waals surface area contributed by atoms with Crippen molar-refractivity contribution in [2.75, 3.05) is 0 Å². The van der Waals surface area contributed by atoms with Gasteiger partial charge in [-0.1, -0.05) is 64.8 Å². The van der Waals surface area contributed by atoms with Crippen molar-refractivity contribution in [1.29, 1.82) is 0 Å². The molecule has 0 aromatic rings. The third-order valence-electron chi connectivity index (χ3n) is 10.7. The molecule has 170 valence electrons. The van der Waals surface area contributed by atoms with E-state index in [0.717, 1.165) is 42.4 Å². The Hall–Kier alpha value is -0.560. The van der Waals surface area contributed by atoms with Crippen LogP contribution in [0, 0.1) is 46.3 Å². The van der Waals surface area contributed by atoms with E-state index in [1.54, 1.807) is 11.1 Å². The molecule has 4 rings (SSSR count). The van der Waals surface area contributed by atoms with Gasteiger partial charge >= 0.3 is 0 Å². The predicted molar refractivity (Wildman–Crippen MR) is 128 cm³/mol. The molecule has 3 fully saturated rings. The second-order valence-electron chi connectivity index (χ2n) is 12.4. The molecule has 0 aromatic heterocycles. The molecule has 0 aliphatic heterocycles. The van der Waals surface area contributed by atoms with Gasteiger partial charge in [0.2, 0.25) is 0 Å². The van der Waals surface area contributed by atoms with E-state index in [4.69, 9.17) is 0 Å². The van der Waals surface area contributed by atoms with Crippen molar-refractivity contribution in [1.82, 2.24) is 0 Å². The highest BCUT2D eigenvalue weighted by Crippen LogP contribution is 2.67. The van der Waals surface area contributed by atoms with Gasteiger partial charge in [-0.15, -0.1) is 0 Å². The Morgan fingerprint density at radius 2 is 1.87 bits per heavy atom. The van der Waals surface area contributed by atoms with E-state index in [1.807, 2.05) is 0 Å². The van der Waals surface area contributed by atoms with E-state index < -0.39 is 0 Å². The van der Waals surface area contributed by atoms with Gasteiger partial charge in [0.15, 0.2) is 0 Å². The summed E-state index contributed by atoms with van der Waals surface area (Å²) in [4.78, 5) is 0. The van der Waals surface area contributed by atoms with E-state index in [0.29, 0.717) is 16.7 Å². The molecule has 8 atom stereocenters. The van der Waals surface area contributed by atoms with Crippen LogP contribution in [0.15, 0.2) is 23.3 Å². The lowest BCUT2D eigenvalue weighted by Gasteiger charge is -2.58. The van der Waals surface area contributed by atoms with Gasteiger partial charge in [0.05, 0.1) is 6.10 Å². The smallest absolute Gasteiger partial charge is 0.0577 e. The van der Waals surface area contributed by atoms with E-state index in [1.165, 1.54) is 51.4 Å². The topological polar surface area (TPSA) is 20.2 Å². The van der Waals surface area contributed by atoms with Crippen LogP contribution in [0.1, 0.15) is 106 Å². The van der Waals surface area contributed by atoms with Gasteiger partial charge in [0, 0.05) is 0 Å². The molecule has 0 bridgehead atoms. The maximum Gasteiger partial charge on any atom is 0.0577 e. The first kappa shape index (κ1) is 22.6. The van der Waals surface area contributed by atoms with Crippen molar-refractivity contribution in [2.45, 2.75) is 112 Å². The molecule has 0 radical (unpaired) electrons. The molecule has 0 saturated heterocycles. The molecule has 4 aliphatic rings. The number of rotatable bonds is 5. The van der Waals surface area contributed by atoms with Crippen molar-refractivity contribution in [2.24, 2.45) is 46.3 Å². The van der Waals surface area contributed by atoms with E-state index in [9.17, 15) is 5.11 Å². The molecule has 0 aromatic carbocycles. The molecule has 1 nitrogen and oxygen atoms in total. The fourth-order valence-corrected chi connectivity index (χ4v) is 8.91. The van der Waals surface area contributed by atoms with Gasteiger partial charge in [0.1, 0.15) is 0 Å². The third-order valence-corrected chi connectivity index (χ3v) is 10.7. The summed E-state index contributed by atoms with van der Waals surface area (Å²) in [6.45, 7) is 14.8. The van der Waals surface area contributed by atoms with Crippen LogP contribution in [0.25, 0.3) is 0 Å². The number of hydrogen-bond acceptors (Lipinski definition) is 1. The van der Waals surface area contributed by atoms with Crippen LogP contribution in [-0.2, 0) is 0 Å². The second-order valence-corrected chi connectivity index (χ2v) is 12.4. The van der Waals surface area contributed by atoms with Crippen molar-refractivity contribution in [3.05, 3.63) is 23.3 Å². The summed E-state index contributed by atoms with van der Waals surface area (Å²) in [6.07, 6.45) is 17.8. The third kappa shape index (κ3) is 3.66. The van der Waals surface area contributed by atoms with E-state index in [-0.39, 0.29) is 6.10 Å². The van der Waals surface area contributed by atoms with Crippen molar-refractivity contribution >= 4 is 0 Å². The zero-order chi connectivity index (χ0) is 21.7. The maximum absolute atomic E-state index is 10.2. The fraction of sp³-hybridized carbons (Fsp3) is 0.862. The maximum atomic E-state index is 10.2. The van der Waals surface area contributed by atoms with Gasteiger partial charge in [-0.2, -0.15) is 0 Å². The fourth-order valence-electron chi connectivity index (χ4n) is 8.91. The van der Waals surface area contributed by atoms with Gasteiger partial charge in [-0.3, -0.25) is 0 Å². The Labute approximate surface area is 186 Å². The minimum Gasteiger partial charge on any atom is -0.393 e. The summed E-state index contributed by atoms with van der Waals surface area (Å²) in [7, 11) is 0. The van der Waals surface area contributed by atoms with Crippen molar-refractivity contribution in [3.8, 4) is 0 Å². The quantitative estimate of drug-likeness (QED) is 0.454. The Morgan fingerprint density at radius 1 is 1.10 bits per heavy atom. The minimum atomic E-state index is -0.0849. The number of aliphatic hydroxyl groups excluding tert-OH is 1.